The van der Waals surface area contributed by atoms with Gasteiger partial charge in [0.05, 0.1) is 0 Å². The van der Waals surface area contributed by atoms with E-state index in [1.807, 2.05) is 0 Å². The molecule has 0 aromatic carbocycles. The van der Waals surface area contributed by atoms with Gasteiger partial charge in [-0.15, -0.1) is 0 Å². The molecule has 3 amide bonds. The van der Waals surface area contributed by atoms with E-state index in [0.29, 0.717) is 6.54 Å². The number of hydrogen-bond acceptors (Lipinski definition) is 2. The normalized spacial score (nSPS) is 20.8. The Morgan fingerprint density at radius 3 is 2.57 bits per heavy atom. The lowest BCUT2D eigenvalue weighted by atomic mass is 10.3. The molecule has 14 heavy (non-hydrogen) atoms. The van der Waals surface area contributed by atoms with Crippen molar-refractivity contribution in [3.05, 3.63) is 0 Å². The van der Waals surface area contributed by atoms with E-state index < -0.39 is 0 Å². The van der Waals surface area contributed by atoms with Gasteiger partial charge in [0.2, 0.25) is 5.91 Å². The van der Waals surface area contributed by atoms with Crippen molar-refractivity contribution in [2.45, 2.75) is 19.4 Å². The van der Waals surface area contributed by atoms with Crippen molar-refractivity contribution >= 4 is 11.9 Å². The summed E-state index contributed by atoms with van der Waals surface area (Å²) in [6.45, 7) is 2.84. The third-order valence-electron chi connectivity index (χ3n) is 2.25. The summed E-state index contributed by atoms with van der Waals surface area (Å²) in [6, 6.07) is 0.134. The summed E-state index contributed by atoms with van der Waals surface area (Å²) >= 11 is 0. The van der Waals surface area contributed by atoms with Crippen LogP contribution in [0.1, 0.15) is 13.3 Å². The van der Waals surface area contributed by atoms with Crippen molar-refractivity contribution in [3.8, 4) is 0 Å². The molecule has 5 nitrogen and oxygen atoms in total. The molecule has 1 aliphatic rings. The number of carbonyl (C=O) groups is 2. The summed E-state index contributed by atoms with van der Waals surface area (Å²) in [7, 11) is 3.46. The van der Waals surface area contributed by atoms with E-state index >= 15 is 0 Å². The van der Waals surface area contributed by atoms with Crippen molar-refractivity contribution < 1.29 is 9.59 Å². The molecule has 0 spiro atoms. The largest absolute Gasteiger partial charge is 0.352 e. The highest BCUT2D eigenvalue weighted by Crippen LogP contribution is 2.10. The molecular weight excluding hydrogens is 182 g/mol. The van der Waals surface area contributed by atoms with E-state index in [2.05, 4.69) is 5.32 Å². The molecule has 1 saturated heterocycles. The molecule has 0 radical (unpaired) electrons. The molecule has 0 bridgehead atoms. The fourth-order valence-corrected chi connectivity index (χ4v) is 1.62. The topological polar surface area (TPSA) is 52.7 Å². The third kappa shape index (κ3) is 2.61. The van der Waals surface area contributed by atoms with Crippen LogP contribution in [0.5, 0.6) is 0 Å². The first kappa shape index (κ1) is 10.8. The lowest BCUT2D eigenvalue weighted by Gasteiger charge is -2.21. The molecule has 80 valence electrons. The van der Waals surface area contributed by atoms with E-state index in [-0.39, 0.29) is 18.0 Å². The van der Waals surface area contributed by atoms with Crippen LogP contribution in [0.3, 0.4) is 0 Å². The number of likely N-dealkylation sites (tertiary alicyclic amines) is 1. The van der Waals surface area contributed by atoms with Gasteiger partial charge < -0.3 is 15.1 Å². The van der Waals surface area contributed by atoms with E-state index in [1.54, 1.807) is 23.9 Å². The number of nitrogens with zero attached hydrogens (tertiary/aromatic N) is 2. The summed E-state index contributed by atoms with van der Waals surface area (Å²) in [4.78, 5) is 25.6. The van der Waals surface area contributed by atoms with Crippen LogP contribution >= 0.6 is 0 Å². The van der Waals surface area contributed by atoms with Gasteiger partial charge in [-0.3, -0.25) is 4.79 Å². The van der Waals surface area contributed by atoms with Gasteiger partial charge in [0.15, 0.2) is 0 Å². The second kappa shape index (κ2) is 4.30. The minimum absolute atomic E-state index is 0.0119. The minimum atomic E-state index is -0.0332. The van der Waals surface area contributed by atoms with Crippen LogP contribution in [0.2, 0.25) is 0 Å². The van der Waals surface area contributed by atoms with Crippen LogP contribution in [-0.2, 0) is 4.79 Å². The monoisotopic (exact) mass is 199 g/mol. The maximum Gasteiger partial charge on any atom is 0.319 e. The third-order valence-corrected chi connectivity index (χ3v) is 2.25. The maximum atomic E-state index is 11.5. The molecule has 0 aromatic rings. The molecule has 0 aliphatic carbocycles. The van der Waals surface area contributed by atoms with Gasteiger partial charge in [0.1, 0.15) is 0 Å². The Morgan fingerprint density at radius 1 is 1.43 bits per heavy atom. The lowest BCUT2D eigenvalue weighted by Crippen LogP contribution is -2.41. The number of rotatable bonds is 1. The minimum Gasteiger partial charge on any atom is -0.352 e. The fraction of sp³-hybridized carbons (Fsp3) is 0.778. The summed E-state index contributed by atoms with van der Waals surface area (Å²) in [6.07, 6.45) is 0.846. The Labute approximate surface area is 84.0 Å². The summed E-state index contributed by atoms with van der Waals surface area (Å²) in [5.41, 5.74) is 0. The zero-order chi connectivity index (χ0) is 10.7. The number of urea groups is 1. The molecular formula is C9H17N3O2. The number of hydrogen-bond donors (Lipinski definition) is 1. The highest BCUT2D eigenvalue weighted by Gasteiger charge is 2.27. The zero-order valence-corrected chi connectivity index (χ0v) is 8.91. The molecule has 1 unspecified atom stereocenters. The highest BCUT2D eigenvalue weighted by molar-refractivity contribution is 5.75. The fourth-order valence-electron chi connectivity index (χ4n) is 1.62. The van der Waals surface area contributed by atoms with Crippen molar-refractivity contribution in [2.24, 2.45) is 0 Å². The Morgan fingerprint density at radius 2 is 2.07 bits per heavy atom. The first-order valence-corrected chi connectivity index (χ1v) is 4.74. The molecule has 5 heteroatoms. The Hall–Kier alpha value is -1.26. The van der Waals surface area contributed by atoms with E-state index in [0.717, 1.165) is 13.0 Å². The Kier molecular flexibility index (Phi) is 3.33. The quantitative estimate of drug-likeness (QED) is 0.640. The van der Waals surface area contributed by atoms with E-state index in [1.165, 1.54) is 6.92 Å². The standard InChI is InChI=1S/C9H17N3O2/c1-7(13)10-8-4-5-12(6-8)9(14)11(2)3/h8H,4-6H2,1-3H3,(H,10,13). The van der Waals surface area contributed by atoms with Gasteiger partial charge in [-0.25, -0.2) is 4.79 Å². The summed E-state index contributed by atoms with van der Waals surface area (Å²) < 4.78 is 0. The van der Waals surface area contributed by atoms with Crippen LogP contribution in [0.4, 0.5) is 4.79 Å². The smallest absolute Gasteiger partial charge is 0.319 e. The van der Waals surface area contributed by atoms with E-state index in [4.69, 9.17) is 0 Å². The SMILES string of the molecule is CC(=O)NC1CCN(C(=O)N(C)C)C1. The molecule has 0 aromatic heterocycles. The van der Waals surface area contributed by atoms with Crippen LogP contribution in [0.25, 0.3) is 0 Å². The average molecular weight is 199 g/mol. The van der Waals surface area contributed by atoms with Crippen LogP contribution < -0.4 is 5.32 Å². The maximum absolute atomic E-state index is 11.5. The molecule has 1 fully saturated rings. The predicted octanol–water partition coefficient (Wildman–Crippen LogP) is -0.122. The zero-order valence-electron chi connectivity index (χ0n) is 8.91. The van der Waals surface area contributed by atoms with Gasteiger partial charge >= 0.3 is 6.03 Å². The van der Waals surface area contributed by atoms with Crippen molar-refractivity contribution in [1.82, 2.24) is 15.1 Å². The van der Waals surface area contributed by atoms with Gasteiger partial charge in [-0.05, 0) is 6.42 Å². The van der Waals surface area contributed by atoms with Crippen molar-refractivity contribution in [1.29, 1.82) is 0 Å². The highest BCUT2D eigenvalue weighted by atomic mass is 16.2. The van der Waals surface area contributed by atoms with Crippen LogP contribution in [-0.4, -0.2) is 55.0 Å². The molecule has 1 N–H and O–H groups in total. The molecule has 0 saturated carbocycles. The Balaban J connectivity index is 2.41. The first-order valence-electron chi connectivity index (χ1n) is 4.74. The van der Waals surface area contributed by atoms with E-state index in [9.17, 15) is 9.59 Å². The predicted molar refractivity (Wildman–Crippen MR) is 52.9 cm³/mol. The molecule has 1 aliphatic heterocycles. The molecule has 1 rings (SSSR count). The number of amides is 3. The van der Waals surface area contributed by atoms with Crippen molar-refractivity contribution in [3.63, 3.8) is 0 Å². The van der Waals surface area contributed by atoms with Crippen LogP contribution in [0, 0.1) is 0 Å². The van der Waals surface area contributed by atoms with Gasteiger partial charge in [-0.1, -0.05) is 0 Å². The second-order valence-corrected chi connectivity index (χ2v) is 3.81. The van der Waals surface area contributed by atoms with Gasteiger partial charge in [-0.2, -0.15) is 0 Å². The average Bonchev–Trinajstić information content (AvgIpc) is 2.50. The number of carbonyl (C=O) groups excluding carboxylic acids is 2. The summed E-state index contributed by atoms with van der Waals surface area (Å²) in [5.74, 6) is -0.0332. The summed E-state index contributed by atoms with van der Waals surface area (Å²) in [5, 5.41) is 2.81. The second-order valence-electron chi connectivity index (χ2n) is 3.81. The van der Waals surface area contributed by atoms with Gasteiger partial charge in [0.25, 0.3) is 0 Å². The van der Waals surface area contributed by atoms with Crippen molar-refractivity contribution in [2.75, 3.05) is 27.2 Å². The molecule has 1 heterocycles. The lowest BCUT2D eigenvalue weighted by molar-refractivity contribution is -0.119. The Bertz CT molecular complexity index is 240. The van der Waals surface area contributed by atoms with Gasteiger partial charge in [0, 0.05) is 40.2 Å². The van der Waals surface area contributed by atoms with Crippen LogP contribution in [0.15, 0.2) is 0 Å². The number of nitrogens with one attached hydrogen (secondary N) is 1. The first-order chi connectivity index (χ1) is 6.50. The molecule has 1 atom stereocenters.